The Morgan fingerprint density at radius 3 is 2.48 bits per heavy atom. The van der Waals surface area contributed by atoms with Gasteiger partial charge in [0.05, 0.1) is 35.1 Å². The standard InChI is InChI=1S/C24H28Cl2F3NO3/c1-5-33-23(32)14(3)10-16-6-9-19(26)20(12-16)30-22(31)21(15(4)24(27,28)29)18-8-7-17(25)11-13(18)2/h6-7,9,11-12,14-15,18,21H,5,8,10H2,1-4H3,(H,30,31)/t14-,15+,18?,21-/m0/s1. The van der Waals surface area contributed by atoms with Crippen molar-refractivity contribution in [2.45, 2.75) is 46.7 Å². The summed E-state index contributed by atoms with van der Waals surface area (Å²) in [5.74, 6) is -5.48. The fraction of sp³-hybridized carbons (Fsp3) is 0.500. The van der Waals surface area contributed by atoms with Crippen molar-refractivity contribution in [2.24, 2.45) is 23.7 Å². The van der Waals surface area contributed by atoms with Crippen molar-refractivity contribution >= 4 is 40.8 Å². The van der Waals surface area contributed by atoms with Gasteiger partial charge >= 0.3 is 12.1 Å². The van der Waals surface area contributed by atoms with Crippen molar-refractivity contribution in [1.29, 1.82) is 0 Å². The number of anilines is 1. The summed E-state index contributed by atoms with van der Waals surface area (Å²) in [4.78, 5) is 25.1. The summed E-state index contributed by atoms with van der Waals surface area (Å²) in [6, 6.07) is 4.82. The van der Waals surface area contributed by atoms with E-state index in [0.29, 0.717) is 22.6 Å². The van der Waals surface area contributed by atoms with E-state index in [1.165, 1.54) is 0 Å². The smallest absolute Gasteiger partial charge is 0.392 e. The van der Waals surface area contributed by atoms with Crippen LogP contribution in [0.25, 0.3) is 0 Å². The summed E-state index contributed by atoms with van der Waals surface area (Å²) in [6.07, 6.45) is -0.802. The Balaban J connectivity index is 2.30. The molecule has 4 atom stereocenters. The second kappa shape index (κ2) is 11.4. The van der Waals surface area contributed by atoms with Gasteiger partial charge in [-0.1, -0.05) is 54.8 Å². The van der Waals surface area contributed by atoms with E-state index in [4.69, 9.17) is 27.9 Å². The average Bonchev–Trinajstić information content (AvgIpc) is 2.71. The Labute approximate surface area is 202 Å². The topological polar surface area (TPSA) is 55.4 Å². The summed E-state index contributed by atoms with van der Waals surface area (Å²) >= 11 is 12.2. The quantitative estimate of drug-likeness (QED) is 0.390. The SMILES string of the molecule is CCOC(=O)[C@@H](C)Cc1ccc(Cl)c(NC(=O)[C@H](C2CC=C(Cl)C=C2C)[C@@H](C)C(F)(F)F)c1. The van der Waals surface area contributed by atoms with Crippen molar-refractivity contribution in [3.05, 3.63) is 51.5 Å². The van der Waals surface area contributed by atoms with Crippen LogP contribution >= 0.6 is 23.2 Å². The number of amides is 1. The Morgan fingerprint density at radius 1 is 1.24 bits per heavy atom. The second-order valence-electron chi connectivity index (χ2n) is 8.34. The van der Waals surface area contributed by atoms with E-state index in [0.717, 1.165) is 6.92 Å². The molecule has 2 rings (SSSR count). The summed E-state index contributed by atoms with van der Waals surface area (Å²) in [5.41, 5.74) is 1.50. The van der Waals surface area contributed by atoms with Crippen molar-refractivity contribution in [3.63, 3.8) is 0 Å². The molecular formula is C24H28Cl2F3NO3. The van der Waals surface area contributed by atoms with Gasteiger partial charge in [0.2, 0.25) is 5.91 Å². The first-order chi connectivity index (χ1) is 15.3. The van der Waals surface area contributed by atoms with Gasteiger partial charge in [-0.25, -0.2) is 0 Å². The molecule has 0 radical (unpaired) electrons. The Kier molecular flexibility index (Phi) is 9.44. The van der Waals surface area contributed by atoms with Crippen molar-refractivity contribution < 1.29 is 27.5 Å². The second-order valence-corrected chi connectivity index (χ2v) is 9.18. The highest BCUT2D eigenvalue weighted by molar-refractivity contribution is 6.33. The van der Waals surface area contributed by atoms with Crippen LogP contribution in [-0.4, -0.2) is 24.7 Å². The Morgan fingerprint density at radius 2 is 1.91 bits per heavy atom. The third-order valence-electron chi connectivity index (χ3n) is 5.83. The van der Waals surface area contributed by atoms with Crippen molar-refractivity contribution in [2.75, 3.05) is 11.9 Å². The molecule has 1 aliphatic carbocycles. The average molecular weight is 506 g/mol. The van der Waals surface area contributed by atoms with Gasteiger partial charge < -0.3 is 10.1 Å². The maximum absolute atomic E-state index is 13.7. The summed E-state index contributed by atoms with van der Waals surface area (Å²) in [5, 5.41) is 3.22. The van der Waals surface area contributed by atoms with E-state index in [-0.39, 0.29) is 29.7 Å². The number of carbonyl (C=O) groups excluding carboxylic acids is 2. The summed E-state index contributed by atoms with van der Waals surface area (Å²) < 4.78 is 46.0. The fourth-order valence-electron chi connectivity index (χ4n) is 3.93. The molecule has 1 amide bonds. The predicted octanol–water partition coefficient (Wildman–Crippen LogP) is 6.92. The molecule has 1 N–H and O–H groups in total. The molecule has 182 valence electrons. The number of hydrogen-bond acceptors (Lipinski definition) is 3. The van der Waals surface area contributed by atoms with E-state index in [9.17, 15) is 22.8 Å². The fourth-order valence-corrected chi connectivity index (χ4v) is 4.36. The molecule has 0 fully saturated rings. The number of allylic oxidation sites excluding steroid dienone is 4. The molecule has 1 aliphatic rings. The van der Waals surface area contributed by atoms with Gasteiger partial charge in [-0.05, 0) is 56.4 Å². The van der Waals surface area contributed by atoms with Gasteiger partial charge in [-0.2, -0.15) is 13.2 Å². The zero-order valence-electron chi connectivity index (χ0n) is 18.9. The number of hydrogen-bond donors (Lipinski definition) is 1. The number of halogens is 5. The molecule has 0 bridgehead atoms. The predicted molar refractivity (Wildman–Crippen MR) is 124 cm³/mol. The lowest BCUT2D eigenvalue weighted by atomic mass is 9.74. The van der Waals surface area contributed by atoms with E-state index in [2.05, 4.69) is 5.32 Å². The minimum absolute atomic E-state index is 0.188. The maximum Gasteiger partial charge on any atom is 0.392 e. The van der Waals surface area contributed by atoms with Gasteiger partial charge in [0, 0.05) is 5.03 Å². The lowest BCUT2D eigenvalue weighted by Crippen LogP contribution is -2.41. The highest BCUT2D eigenvalue weighted by Crippen LogP contribution is 2.42. The molecule has 0 aliphatic heterocycles. The van der Waals surface area contributed by atoms with Crippen LogP contribution in [-0.2, 0) is 20.7 Å². The zero-order valence-corrected chi connectivity index (χ0v) is 20.4. The first-order valence-corrected chi connectivity index (χ1v) is 11.5. The van der Waals surface area contributed by atoms with Crippen molar-refractivity contribution in [3.8, 4) is 0 Å². The Hall–Kier alpha value is -1.99. The molecule has 1 unspecified atom stereocenters. The lowest BCUT2D eigenvalue weighted by molar-refractivity contribution is -0.189. The number of ether oxygens (including phenoxy) is 1. The summed E-state index contributed by atoms with van der Waals surface area (Å²) in [7, 11) is 0. The first-order valence-electron chi connectivity index (χ1n) is 10.7. The van der Waals surface area contributed by atoms with Gasteiger partial charge in [-0.3, -0.25) is 9.59 Å². The van der Waals surface area contributed by atoms with Crippen LogP contribution in [0.15, 0.2) is 41.0 Å². The maximum atomic E-state index is 13.7. The zero-order chi connectivity index (χ0) is 24.9. The molecule has 33 heavy (non-hydrogen) atoms. The molecule has 4 nitrogen and oxygen atoms in total. The van der Waals surface area contributed by atoms with E-state index >= 15 is 0 Å². The first kappa shape index (κ1) is 27.3. The third-order valence-corrected chi connectivity index (χ3v) is 6.42. The molecule has 0 saturated heterocycles. The number of alkyl halides is 3. The number of benzene rings is 1. The molecule has 0 spiro atoms. The van der Waals surface area contributed by atoms with E-state index in [1.807, 2.05) is 0 Å². The third kappa shape index (κ3) is 7.24. The lowest BCUT2D eigenvalue weighted by Gasteiger charge is -2.33. The molecular weight excluding hydrogens is 478 g/mol. The van der Waals surface area contributed by atoms with Gasteiger partial charge in [0.25, 0.3) is 0 Å². The minimum atomic E-state index is -4.56. The largest absolute Gasteiger partial charge is 0.466 e. The number of carbonyl (C=O) groups is 2. The van der Waals surface area contributed by atoms with Crippen LogP contribution < -0.4 is 5.32 Å². The van der Waals surface area contributed by atoms with E-state index in [1.54, 1.807) is 51.1 Å². The molecule has 0 heterocycles. The van der Waals surface area contributed by atoms with Crippen LogP contribution in [0.5, 0.6) is 0 Å². The van der Waals surface area contributed by atoms with Gasteiger partial charge in [-0.15, -0.1) is 0 Å². The summed E-state index contributed by atoms with van der Waals surface area (Å²) in [6.45, 7) is 6.37. The van der Waals surface area contributed by atoms with Crippen LogP contribution in [0, 0.1) is 23.7 Å². The van der Waals surface area contributed by atoms with Crippen LogP contribution in [0.2, 0.25) is 5.02 Å². The molecule has 0 saturated carbocycles. The minimum Gasteiger partial charge on any atom is -0.466 e. The number of rotatable bonds is 8. The number of esters is 1. The highest BCUT2D eigenvalue weighted by atomic mass is 35.5. The van der Waals surface area contributed by atoms with Gasteiger partial charge in [0.15, 0.2) is 0 Å². The van der Waals surface area contributed by atoms with Gasteiger partial charge in [0.1, 0.15) is 0 Å². The molecule has 1 aromatic rings. The van der Waals surface area contributed by atoms with Crippen molar-refractivity contribution in [1.82, 2.24) is 0 Å². The molecule has 0 aromatic heterocycles. The number of nitrogens with one attached hydrogen (secondary N) is 1. The van der Waals surface area contributed by atoms with Crippen LogP contribution in [0.4, 0.5) is 18.9 Å². The normalized spacial score (nSPS) is 19.1. The monoisotopic (exact) mass is 505 g/mol. The Bertz CT molecular complexity index is 943. The molecule has 9 heteroatoms. The van der Waals surface area contributed by atoms with Crippen LogP contribution in [0.1, 0.15) is 39.7 Å². The van der Waals surface area contributed by atoms with Crippen LogP contribution in [0.3, 0.4) is 0 Å². The van der Waals surface area contributed by atoms with E-state index < -0.39 is 35.8 Å². The highest BCUT2D eigenvalue weighted by Gasteiger charge is 2.47. The molecule has 1 aromatic carbocycles.